The van der Waals surface area contributed by atoms with Gasteiger partial charge in [0, 0.05) is 0 Å². The highest BCUT2D eigenvalue weighted by Crippen LogP contribution is 2.18. The first-order valence-corrected chi connectivity index (χ1v) is 11.2. The van der Waals surface area contributed by atoms with Crippen molar-refractivity contribution < 1.29 is 24.9 Å². The molecule has 0 rings (SSSR count). The highest BCUT2D eigenvalue weighted by atomic mass is 16.5. The number of carbonyl (C=O) groups excluding carboxylic acids is 1. The Balaban J connectivity index is 3.55. The second-order valence-corrected chi connectivity index (χ2v) is 7.63. The van der Waals surface area contributed by atoms with E-state index in [1.54, 1.807) is 0 Å². The molecule has 0 aromatic heterocycles. The molecule has 0 radical (unpaired) electrons. The van der Waals surface area contributed by atoms with E-state index in [4.69, 9.17) is 14.9 Å². The van der Waals surface area contributed by atoms with Gasteiger partial charge < -0.3 is 20.1 Å². The molecule has 0 aliphatic carbocycles. The highest BCUT2D eigenvalue weighted by molar-refractivity contribution is 5.73. The van der Waals surface area contributed by atoms with Gasteiger partial charge in [0.05, 0.1) is 25.2 Å². The van der Waals surface area contributed by atoms with Gasteiger partial charge in [0.25, 0.3) is 0 Å². The first-order valence-electron chi connectivity index (χ1n) is 11.2. The Labute approximate surface area is 166 Å². The Morgan fingerprint density at radius 3 is 1.63 bits per heavy atom. The van der Waals surface area contributed by atoms with Gasteiger partial charge >= 0.3 is 5.97 Å². The SMILES string of the molecule is CCCCCCCCCCCCCCCCC(C(=O)OCCO)C(O)CO. The van der Waals surface area contributed by atoms with E-state index >= 15 is 0 Å². The fraction of sp³-hybridized carbons (Fsp3) is 0.955. The van der Waals surface area contributed by atoms with Crippen LogP contribution in [0.2, 0.25) is 0 Å². The molecule has 27 heavy (non-hydrogen) atoms. The molecule has 0 amide bonds. The third kappa shape index (κ3) is 16.0. The summed E-state index contributed by atoms with van der Waals surface area (Å²) >= 11 is 0. The van der Waals surface area contributed by atoms with Crippen LogP contribution in [-0.2, 0) is 9.53 Å². The first-order chi connectivity index (χ1) is 13.2. The monoisotopic (exact) mass is 388 g/mol. The lowest BCUT2D eigenvalue weighted by atomic mass is 9.95. The Morgan fingerprint density at radius 2 is 1.22 bits per heavy atom. The number of aliphatic hydroxyl groups is 3. The zero-order valence-corrected chi connectivity index (χ0v) is 17.5. The van der Waals surface area contributed by atoms with Crippen LogP contribution < -0.4 is 0 Å². The number of aliphatic hydroxyl groups excluding tert-OH is 3. The molecule has 3 N–H and O–H groups in total. The summed E-state index contributed by atoms with van der Waals surface area (Å²) in [6.45, 7) is 1.51. The fourth-order valence-corrected chi connectivity index (χ4v) is 3.41. The number of rotatable bonds is 20. The molecule has 5 heteroatoms. The van der Waals surface area contributed by atoms with E-state index < -0.39 is 24.6 Å². The lowest BCUT2D eigenvalue weighted by Crippen LogP contribution is -2.33. The summed E-state index contributed by atoms with van der Waals surface area (Å²) in [4.78, 5) is 11.9. The Bertz CT molecular complexity index is 322. The average molecular weight is 389 g/mol. The van der Waals surface area contributed by atoms with Gasteiger partial charge in [-0.2, -0.15) is 0 Å². The van der Waals surface area contributed by atoms with E-state index in [1.165, 1.54) is 70.6 Å². The molecule has 2 unspecified atom stereocenters. The molecule has 0 spiro atoms. The summed E-state index contributed by atoms with van der Waals surface area (Å²) < 4.78 is 4.89. The normalized spacial score (nSPS) is 13.5. The third-order valence-electron chi connectivity index (χ3n) is 5.16. The van der Waals surface area contributed by atoms with Crippen LogP contribution in [-0.4, -0.2) is 47.2 Å². The van der Waals surface area contributed by atoms with Crippen LogP contribution in [0.15, 0.2) is 0 Å². The summed E-state index contributed by atoms with van der Waals surface area (Å²) in [6, 6.07) is 0. The quantitative estimate of drug-likeness (QED) is 0.213. The van der Waals surface area contributed by atoms with Crippen molar-refractivity contribution in [1.82, 2.24) is 0 Å². The Kier molecular flexibility index (Phi) is 19.6. The number of esters is 1. The fourth-order valence-electron chi connectivity index (χ4n) is 3.41. The van der Waals surface area contributed by atoms with Crippen molar-refractivity contribution >= 4 is 5.97 Å². The molecule has 0 aromatic rings. The molecular weight excluding hydrogens is 344 g/mol. The van der Waals surface area contributed by atoms with Crippen molar-refractivity contribution in [3.05, 3.63) is 0 Å². The number of hydrogen-bond donors (Lipinski definition) is 3. The van der Waals surface area contributed by atoms with Gasteiger partial charge in [0.15, 0.2) is 0 Å². The smallest absolute Gasteiger partial charge is 0.311 e. The molecule has 0 heterocycles. The molecule has 0 saturated heterocycles. The van der Waals surface area contributed by atoms with E-state index in [-0.39, 0.29) is 13.2 Å². The number of ether oxygens (including phenoxy) is 1. The Hall–Kier alpha value is -0.650. The van der Waals surface area contributed by atoms with E-state index in [2.05, 4.69) is 6.92 Å². The first kappa shape index (κ1) is 26.4. The molecule has 0 aliphatic rings. The minimum atomic E-state index is -1.09. The minimum absolute atomic E-state index is 0.0633. The maximum Gasteiger partial charge on any atom is 0.311 e. The van der Waals surface area contributed by atoms with Crippen LogP contribution in [0.1, 0.15) is 103 Å². The maximum absolute atomic E-state index is 11.9. The molecule has 0 fully saturated rings. The standard InChI is InChI=1S/C22H44O5/c1-2-3-4-5-6-7-8-9-10-11-12-13-14-15-16-20(21(25)19-24)22(26)27-18-17-23/h20-21,23-25H,2-19H2,1H3. The average Bonchev–Trinajstić information content (AvgIpc) is 2.68. The van der Waals surface area contributed by atoms with Gasteiger partial charge in [-0.05, 0) is 6.42 Å². The van der Waals surface area contributed by atoms with E-state index in [0.29, 0.717) is 6.42 Å². The summed E-state index contributed by atoms with van der Waals surface area (Å²) in [5.41, 5.74) is 0. The number of carbonyl (C=O) groups is 1. The molecule has 5 nitrogen and oxygen atoms in total. The van der Waals surface area contributed by atoms with Crippen molar-refractivity contribution in [2.24, 2.45) is 5.92 Å². The lowest BCUT2D eigenvalue weighted by molar-refractivity contribution is -0.155. The highest BCUT2D eigenvalue weighted by Gasteiger charge is 2.27. The molecule has 162 valence electrons. The number of unbranched alkanes of at least 4 members (excludes halogenated alkanes) is 13. The van der Waals surface area contributed by atoms with Crippen molar-refractivity contribution in [1.29, 1.82) is 0 Å². The zero-order valence-electron chi connectivity index (χ0n) is 17.5. The predicted molar refractivity (Wildman–Crippen MR) is 110 cm³/mol. The van der Waals surface area contributed by atoms with Crippen molar-refractivity contribution in [2.75, 3.05) is 19.8 Å². The van der Waals surface area contributed by atoms with Crippen LogP contribution >= 0.6 is 0 Å². The summed E-state index contributed by atoms with van der Waals surface area (Å²) in [5, 5.41) is 27.6. The minimum Gasteiger partial charge on any atom is -0.463 e. The van der Waals surface area contributed by atoms with Gasteiger partial charge in [-0.15, -0.1) is 0 Å². The van der Waals surface area contributed by atoms with E-state index in [0.717, 1.165) is 19.3 Å². The summed E-state index contributed by atoms with van der Waals surface area (Å²) in [5.74, 6) is -1.22. The second-order valence-electron chi connectivity index (χ2n) is 7.63. The van der Waals surface area contributed by atoms with Crippen LogP contribution in [0.4, 0.5) is 0 Å². The Morgan fingerprint density at radius 1 is 0.778 bits per heavy atom. The largest absolute Gasteiger partial charge is 0.463 e. The zero-order chi connectivity index (χ0) is 20.2. The second kappa shape index (κ2) is 20.1. The van der Waals surface area contributed by atoms with Gasteiger partial charge in [-0.25, -0.2) is 0 Å². The van der Waals surface area contributed by atoms with Crippen molar-refractivity contribution in [3.8, 4) is 0 Å². The molecule has 0 bridgehead atoms. The molecule has 0 aliphatic heterocycles. The number of hydrogen-bond acceptors (Lipinski definition) is 5. The summed E-state index contributed by atoms with van der Waals surface area (Å²) in [7, 11) is 0. The van der Waals surface area contributed by atoms with Crippen LogP contribution in [0, 0.1) is 5.92 Å². The van der Waals surface area contributed by atoms with E-state index in [1.807, 2.05) is 0 Å². The van der Waals surface area contributed by atoms with Crippen LogP contribution in [0.5, 0.6) is 0 Å². The predicted octanol–water partition coefficient (Wildman–Crippen LogP) is 4.36. The van der Waals surface area contributed by atoms with Gasteiger partial charge in [-0.1, -0.05) is 96.8 Å². The molecule has 0 saturated carbocycles. The van der Waals surface area contributed by atoms with Crippen molar-refractivity contribution in [3.63, 3.8) is 0 Å². The topological polar surface area (TPSA) is 87.0 Å². The molecular formula is C22H44O5. The molecule has 2 atom stereocenters. The van der Waals surface area contributed by atoms with Gasteiger partial charge in [0.1, 0.15) is 6.61 Å². The van der Waals surface area contributed by atoms with E-state index in [9.17, 15) is 9.90 Å². The third-order valence-corrected chi connectivity index (χ3v) is 5.16. The van der Waals surface area contributed by atoms with Crippen molar-refractivity contribution in [2.45, 2.75) is 109 Å². The lowest BCUT2D eigenvalue weighted by Gasteiger charge is -2.19. The maximum atomic E-state index is 11.9. The van der Waals surface area contributed by atoms with Crippen LogP contribution in [0.25, 0.3) is 0 Å². The van der Waals surface area contributed by atoms with Crippen LogP contribution in [0.3, 0.4) is 0 Å². The summed E-state index contributed by atoms with van der Waals surface area (Å²) in [6.07, 6.45) is 17.2. The molecule has 0 aromatic carbocycles. The van der Waals surface area contributed by atoms with Gasteiger partial charge in [0.2, 0.25) is 0 Å². The van der Waals surface area contributed by atoms with Gasteiger partial charge in [-0.3, -0.25) is 4.79 Å².